The number of esters is 2. The number of imide groups is 2. The number of hydrogen-bond acceptors (Lipinski definition) is 12. The smallest absolute Gasteiger partial charge is 0.303 e. The average molecular weight is 813 g/mol. The summed E-state index contributed by atoms with van der Waals surface area (Å²) < 4.78 is 24.1. The van der Waals surface area contributed by atoms with Gasteiger partial charge in [-0.25, -0.2) is 9.80 Å². The maximum absolute atomic E-state index is 13.7. The number of carbonyl (C=O) groups is 8. The van der Waals surface area contributed by atoms with Crippen LogP contribution in [-0.4, -0.2) is 59.8 Å². The summed E-state index contributed by atoms with van der Waals surface area (Å²) >= 11 is 0. The third-order valence-electron chi connectivity index (χ3n) is 11.9. The summed E-state index contributed by atoms with van der Waals surface area (Å²) in [6.45, 7) is 7.80. The molecule has 0 bridgehead atoms. The van der Waals surface area contributed by atoms with E-state index in [1.807, 2.05) is 0 Å². The van der Waals surface area contributed by atoms with E-state index in [9.17, 15) is 38.4 Å². The van der Waals surface area contributed by atoms with Crippen LogP contribution < -0.4 is 19.6 Å². The normalized spacial score (nSPS) is 28.0. The number of carbonyl (C=O) groups excluding carboxylic acids is 8. The lowest BCUT2D eigenvalue weighted by Gasteiger charge is -2.57. The molecular formula is C44H36N4O12. The van der Waals surface area contributed by atoms with E-state index >= 15 is 0 Å². The number of amides is 6. The maximum atomic E-state index is 13.7. The Morgan fingerprint density at radius 1 is 0.450 bits per heavy atom. The monoisotopic (exact) mass is 812 g/mol. The number of ether oxygens (including phenoxy) is 4. The number of benzene rings is 4. The van der Waals surface area contributed by atoms with Gasteiger partial charge in [0.2, 0.25) is 46.0 Å². The molecule has 4 aromatic rings. The second kappa shape index (κ2) is 12.7. The van der Waals surface area contributed by atoms with Crippen LogP contribution >= 0.6 is 0 Å². The van der Waals surface area contributed by atoms with Crippen molar-refractivity contribution in [3.8, 4) is 0 Å². The Labute approximate surface area is 342 Å². The quantitative estimate of drug-likeness (QED) is 0.266. The van der Waals surface area contributed by atoms with Crippen molar-refractivity contribution in [2.45, 2.75) is 76.4 Å². The second-order valence-corrected chi connectivity index (χ2v) is 15.1. The van der Waals surface area contributed by atoms with Crippen LogP contribution in [0.1, 0.15) is 63.8 Å². The first-order chi connectivity index (χ1) is 28.5. The molecule has 16 nitrogen and oxygen atoms in total. The number of hydrogen-bond donors (Lipinski definition) is 0. The van der Waals surface area contributed by atoms with Crippen LogP contribution in [0.5, 0.6) is 0 Å². The maximum Gasteiger partial charge on any atom is 0.303 e. The van der Waals surface area contributed by atoms with Gasteiger partial charge in [-0.3, -0.25) is 48.2 Å². The Hall–Kier alpha value is -7.04. The predicted molar refractivity (Wildman–Crippen MR) is 208 cm³/mol. The second-order valence-electron chi connectivity index (χ2n) is 15.1. The van der Waals surface area contributed by atoms with Crippen molar-refractivity contribution >= 4 is 70.1 Å². The Balaban J connectivity index is 0.000000154. The molecule has 16 heteroatoms. The van der Waals surface area contributed by atoms with Gasteiger partial charge in [-0.15, -0.1) is 0 Å². The van der Waals surface area contributed by atoms with Crippen LogP contribution in [-0.2, 0) is 79.7 Å². The van der Waals surface area contributed by atoms with E-state index in [2.05, 4.69) is 0 Å². The van der Waals surface area contributed by atoms with Gasteiger partial charge in [-0.05, 0) is 24.3 Å². The van der Waals surface area contributed by atoms with Crippen molar-refractivity contribution in [3.05, 3.63) is 119 Å². The number of rotatable bonds is 2. The van der Waals surface area contributed by atoms with E-state index < -0.39 is 70.4 Å². The molecule has 6 aliphatic rings. The molecule has 0 unspecified atom stereocenters. The number of fused-ring (bicyclic) bond motifs is 12. The fraction of sp³-hybridized carbons (Fsp3) is 0.273. The van der Waals surface area contributed by atoms with E-state index in [0.717, 1.165) is 9.80 Å². The van der Waals surface area contributed by atoms with E-state index in [1.54, 1.807) is 97.1 Å². The molecule has 6 atom stereocenters. The van der Waals surface area contributed by atoms with Crippen LogP contribution in [0.4, 0.5) is 22.7 Å². The largest absolute Gasteiger partial charge is 0.445 e. The molecule has 2 fully saturated rings. The van der Waals surface area contributed by atoms with Crippen LogP contribution in [0, 0.1) is 0 Å². The minimum atomic E-state index is -1.77. The number of para-hydroxylation sites is 4. The highest BCUT2D eigenvalue weighted by Gasteiger charge is 2.85. The first-order valence-corrected chi connectivity index (χ1v) is 19.0. The highest BCUT2D eigenvalue weighted by molar-refractivity contribution is 6.24. The summed E-state index contributed by atoms with van der Waals surface area (Å²) in [5.41, 5.74) is -3.21. The van der Waals surface area contributed by atoms with Crippen LogP contribution in [0.25, 0.3) is 0 Å². The summed E-state index contributed by atoms with van der Waals surface area (Å²) in [4.78, 5) is 106. The van der Waals surface area contributed by atoms with Gasteiger partial charge in [0.1, 0.15) is 0 Å². The average Bonchev–Trinajstić information content (AvgIpc) is 3.78. The highest BCUT2D eigenvalue weighted by Crippen LogP contribution is 2.70. The van der Waals surface area contributed by atoms with Crippen molar-refractivity contribution in [2.24, 2.45) is 0 Å². The van der Waals surface area contributed by atoms with E-state index in [1.165, 1.54) is 51.3 Å². The molecule has 6 amide bonds. The van der Waals surface area contributed by atoms with Crippen LogP contribution in [0.3, 0.4) is 0 Å². The summed E-state index contributed by atoms with van der Waals surface area (Å²) in [7, 11) is 0. The predicted octanol–water partition coefficient (Wildman–Crippen LogP) is 3.91. The Kier molecular flexibility index (Phi) is 8.16. The molecule has 0 saturated carbocycles. The van der Waals surface area contributed by atoms with Gasteiger partial charge in [0.15, 0.2) is 12.5 Å². The minimum absolute atomic E-state index is 0.321. The first kappa shape index (κ1) is 38.5. The summed E-state index contributed by atoms with van der Waals surface area (Å²) in [5.74, 6) is -4.16. The summed E-state index contributed by atoms with van der Waals surface area (Å²) in [6, 6.07) is 27.3. The van der Waals surface area contributed by atoms with Crippen molar-refractivity contribution in [3.63, 3.8) is 0 Å². The molecule has 2 spiro atoms. The van der Waals surface area contributed by atoms with Gasteiger partial charge < -0.3 is 18.9 Å². The molecule has 6 aliphatic heterocycles. The molecule has 0 N–H and O–H groups in total. The van der Waals surface area contributed by atoms with Gasteiger partial charge in [0.25, 0.3) is 11.8 Å². The Bertz CT molecular complexity index is 2500. The van der Waals surface area contributed by atoms with Crippen LogP contribution in [0.2, 0.25) is 0 Å². The third kappa shape index (κ3) is 4.35. The molecule has 4 aromatic carbocycles. The van der Waals surface area contributed by atoms with Crippen molar-refractivity contribution in [2.75, 3.05) is 19.6 Å². The van der Waals surface area contributed by atoms with Gasteiger partial charge in [-0.1, -0.05) is 72.8 Å². The van der Waals surface area contributed by atoms with Crippen LogP contribution in [0.15, 0.2) is 97.1 Å². The van der Waals surface area contributed by atoms with Crippen molar-refractivity contribution in [1.82, 2.24) is 0 Å². The van der Waals surface area contributed by atoms with Gasteiger partial charge in [0, 0.05) is 63.8 Å². The molecule has 0 aliphatic carbocycles. The van der Waals surface area contributed by atoms with E-state index in [0.29, 0.717) is 45.0 Å². The standard InChI is InChI=1S/2C22H18N2O6/c2*1-12(25)23-17-10-6-4-8-15(17)21(19(23)28)22(29-14(3)27)16-9-5-7-11-18(16)24(13(2)26)20(22)30-21/h2*4-11,20H,1-3H3/t2*20-,21-,22+/m00/s1. The lowest BCUT2D eigenvalue weighted by Crippen LogP contribution is -2.76. The minimum Gasteiger partial charge on any atom is -0.445 e. The molecule has 2 saturated heterocycles. The highest BCUT2D eigenvalue weighted by atomic mass is 16.7. The fourth-order valence-corrected chi connectivity index (χ4v) is 10.0. The van der Waals surface area contributed by atoms with E-state index in [4.69, 9.17) is 18.9 Å². The third-order valence-corrected chi connectivity index (χ3v) is 11.9. The van der Waals surface area contributed by atoms with Gasteiger partial charge in [-0.2, -0.15) is 0 Å². The molecule has 0 aromatic heterocycles. The first-order valence-electron chi connectivity index (χ1n) is 19.0. The molecule has 60 heavy (non-hydrogen) atoms. The van der Waals surface area contributed by atoms with Crippen molar-refractivity contribution < 1.29 is 57.3 Å². The summed E-state index contributed by atoms with van der Waals surface area (Å²) in [5, 5.41) is 0. The molecule has 0 radical (unpaired) electrons. The van der Waals surface area contributed by atoms with Gasteiger partial charge in [0.05, 0.1) is 22.7 Å². The molecule has 6 heterocycles. The van der Waals surface area contributed by atoms with Crippen molar-refractivity contribution in [1.29, 1.82) is 0 Å². The number of nitrogens with zero attached hydrogens (tertiary/aromatic N) is 4. The topological polar surface area (TPSA) is 186 Å². The molecular weight excluding hydrogens is 776 g/mol. The molecule has 304 valence electrons. The number of anilines is 4. The Morgan fingerprint density at radius 3 is 1.05 bits per heavy atom. The zero-order valence-electron chi connectivity index (χ0n) is 33.1. The lowest BCUT2D eigenvalue weighted by atomic mass is 9.69. The zero-order chi connectivity index (χ0) is 42.8. The lowest BCUT2D eigenvalue weighted by molar-refractivity contribution is -0.342. The zero-order valence-corrected chi connectivity index (χ0v) is 33.1. The van der Waals surface area contributed by atoms with E-state index in [-0.39, 0.29) is 11.8 Å². The fourth-order valence-electron chi connectivity index (χ4n) is 10.0. The SMILES string of the molecule is CC(=O)O[C@]12c3ccccc3N(C(C)=O)[C@H]1O[C@@]21C(=O)N(C(C)=O)c2ccccc21.CC(=O)O[C@]12c3ccccc3N(C(C)=O)[C@H]1O[C@@]21C(=O)N(C(C)=O)c2ccccc21. The summed E-state index contributed by atoms with van der Waals surface area (Å²) in [6.07, 6.45) is -2.06. The Morgan fingerprint density at radius 2 is 0.750 bits per heavy atom. The molecule has 10 rings (SSSR count). The van der Waals surface area contributed by atoms with Gasteiger partial charge >= 0.3 is 11.9 Å².